The summed E-state index contributed by atoms with van der Waals surface area (Å²) in [6, 6.07) is 9.16. The number of carboxylic acid groups (broad SMARTS) is 1. The molecule has 0 bridgehead atoms. The molecule has 0 heterocycles. The molecular formula is C25H28ClN3O6. The molecule has 0 saturated heterocycles. The van der Waals surface area contributed by atoms with Gasteiger partial charge < -0.3 is 26.2 Å². The number of hydrogen-bond donors (Lipinski definition) is 5. The molecule has 1 saturated carbocycles. The molecule has 1 fully saturated rings. The first-order valence-electron chi connectivity index (χ1n) is 11.4. The van der Waals surface area contributed by atoms with Crippen LogP contribution in [0.5, 0.6) is 5.75 Å². The number of phenolic OH excluding ortho intramolecular Hbond substituents is 1. The fourth-order valence-electron chi connectivity index (χ4n) is 3.99. The molecule has 0 aliphatic heterocycles. The van der Waals surface area contributed by atoms with Crippen LogP contribution >= 0.6 is 11.6 Å². The lowest BCUT2D eigenvalue weighted by Crippen LogP contribution is -2.48. The molecule has 2 aromatic carbocycles. The highest BCUT2D eigenvalue weighted by molar-refractivity contribution is 6.34. The molecule has 2 aromatic rings. The molecule has 1 aliphatic rings. The number of halogens is 1. The van der Waals surface area contributed by atoms with E-state index in [0.29, 0.717) is 17.9 Å². The van der Waals surface area contributed by atoms with Crippen LogP contribution in [0.15, 0.2) is 42.5 Å². The minimum atomic E-state index is -1.34. The molecule has 186 valence electrons. The van der Waals surface area contributed by atoms with Crippen molar-refractivity contribution in [1.29, 1.82) is 0 Å². The topological polar surface area (TPSA) is 145 Å². The van der Waals surface area contributed by atoms with Crippen molar-refractivity contribution < 1.29 is 29.4 Å². The summed E-state index contributed by atoms with van der Waals surface area (Å²) in [5, 5.41) is 26.6. The number of phenols is 1. The number of carbonyl (C=O) groups is 4. The Morgan fingerprint density at radius 2 is 1.74 bits per heavy atom. The standard InChI is InChI=1S/C25H28ClN3O6/c26-20-12-17(23(32)28-13-16-6-3-7-18(30)10-16)8-9-19(20)24(33)29-21(25(34)35)14-27-22(31)11-15-4-1-2-5-15/h3,6-10,12,15,21,30H,1-2,4-5,11,13-14H2,(H,27,31)(H,28,32)(H,29,33)(H,34,35)/t21-/m0/s1. The Hall–Kier alpha value is -3.59. The third-order valence-corrected chi connectivity index (χ3v) is 6.21. The van der Waals surface area contributed by atoms with Crippen molar-refractivity contribution in [2.75, 3.05) is 6.54 Å². The van der Waals surface area contributed by atoms with Gasteiger partial charge in [-0.25, -0.2) is 4.79 Å². The van der Waals surface area contributed by atoms with Crippen LogP contribution in [0, 0.1) is 5.92 Å². The number of nitrogens with one attached hydrogen (secondary N) is 3. The van der Waals surface area contributed by atoms with E-state index >= 15 is 0 Å². The van der Waals surface area contributed by atoms with E-state index in [1.807, 2.05) is 0 Å². The highest BCUT2D eigenvalue weighted by Crippen LogP contribution is 2.27. The van der Waals surface area contributed by atoms with Crippen LogP contribution in [0.3, 0.4) is 0 Å². The molecule has 1 aliphatic carbocycles. The summed E-state index contributed by atoms with van der Waals surface area (Å²) in [4.78, 5) is 48.8. The van der Waals surface area contributed by atoms with Gasteiger partial charge in [-0.15, -0.1) is 0 Å². The van der Waals surface area contributed by atoms with E-state index in [1.165, 1.54) is 30.3 Å². The molecule has 3 amide bonds. The van der Waals surface area contributed by atoms with E-state index in [9.17, 15) is 29.4 Å². The number of aliphatic carboxylic acids is 1. The second-order valence-corrected chi connectivity index (χ2v) is 8.98. The normalized spacial score (nSPS) is 14.2. The summed E-state index contributed by atoms with van der Waals surface area (Å²) in [5.41, 5.74) is 0.913. The average Bonchev–Trinajstić information content (AvgIpc) is 3.32. The summed E-state index contributed by atoms with van der Waals surface area (Å²) in [5.74, 6) is -2.30. The highest BCUT2D eigenvalue weighted by atomic mass is 35.5. The lowest BCUT2D eigenvalue weighted by Gasteiger charge is -2.17. The first-order chi connectivity index (χ1) is 16.7. The third kappa shape index (κ3) is 7.71. The molecule has 35 heavy (non-hydrogen) atoms. The fraction of sp³-hybridized carbons (Fsp3) is 0.360. The second kappa shape index (κ2) is 12.2. The van der Waals surface area contributed by atoms with Crippen LogP contribution in [0.1, 0.15) is 58.4 Å². The Labute approximate surface area is 207 Å². The van der Waals surface area contributed by atoms with Gasteiger partial charge in [-0.05, 0) is 54.7 Å². The predicted molar refractivity (Wildman–Crippen MR) is 129 cm³/mol. The zero-order valence-electron chi connectivity index (χ0n) is 19.1. The van der Waals surface area contributed by atoms with Gasteiger partial charge in [-0.3, -0.25) is 14.4 Å². The van der Waals surface area contributed by atoms with Gasteiger partial charge in [0, 0.05) is 25.1 Å². The zero-order chi connectivity index (χ0) is 25.4. The Balaban J connectivity index is 1.55. The van der Waals surface area contributed by atoms with E-state index in [2.05, 4.69) is 16.0 Å². The lowest BCUT2D eigenvalue weighted by molar-refractivity contribution is -0.139. The van der Waals surface area contributed by atoms with Crippen molar-refractivity contribution in [3.63, 3.8) is 0 Å². The van der Waals surface area contributed by atoms with E-state index in [1.54, 1.807) is 12.1 Å². The highest BCUT2D eigenvalue weighted by Gasteiger charge is 2.24. The van der Waals surface area contributed by atoms with Crippen LogP contribution in [0.4, 0.5) is 0 Å². The minimum absolute atomic E-state index is 0.000250. The zero-order valence-corrected chi connectivity index (χ0v) is 19.8. The third-order valence-electron chi connectivity index (χ3n) is 5.90. The number of benzene rings is 2. The SMILES string of the molecule is O=C(CC1CCCC1)NC[C@H](NC(=O)c1ccc(C(=O)NCc2cccc(O)c2)cc1Cl)C(=O)O. The van der Waals surface area contributed by atoms with Gasteiger partial charge in [0.15, 0.2) is 0 Å². The van der Waals surface area contributed by atoms with E-state index < -0.39 is 23.8 Å². The molecule has 0 unspecified atom stereocenters. The predicted octanol–water partition coefficient (Wildman–Crippen LogP) is 2.86. The number of rotatable bonds is 10. The van der Waals surface area contributed by atoms with Crippen LogP contribution in [-0.2, 0) is 16.1 Å². The second-order valence-electron chi connectivity index (χ2n) is 8.57. The van der Waals surface area contributed by atoms with Crippen molar-refractivity contribution in [2.45, 2.75) is 44.7 Å². The van der Waals surface area contributed by atoms with Gasteiger partial charge in [0.05, 0.1) is 10.6 Å². The van der Waals surface area contributed by atoms with Crippen molar-refractivity contribution in [3.05, 3.63) is 64.2 Å². The van der Waals surface area contributed by atoms with E-state index in [4.69, 9.17) is 11.6 Å². The van der Waals surface area contributed by atoms with Crippen LogP contribution < -0.4 is 16.0 Å². The van der Waals surface area contributed by atoms with Crippen LogP contribution in [0.2, 0.25) is 5.02 Å². The largest absolute Gasteiger partial charge is 0.508 e. The quantitative estimate of drug-likeness (QED) is 0.338. The van der Waals surface area contributed by atoms with Crippen molar-refractivity contribution >= 4 is 35.3 Å². The summed E-state index contributed by atoms with van der Waals surface area (Å²) < 4.78 is 0. The molecular weight excluding hydrogens is 474 g/mol. The average molecular weight is 502 g/mol. The van der Waals surface area contributed by atoms with Crippen molar-refractivity contribution in [1.82, 2.24) is 16.0 Å². The summed E-state index contributed by atoms with van der Waals surface area (Å²) in [7, 11) is 0. The van der Waals surface area contributed by atoms with Crippen molar-refractivity contribution in [3.8, 4) is 5.75 Å². The number of aromatic hydroxyl groups is 1. The maximum absolute atomic E-state index is 12.6. The van der Waals surface area contributed by atoms with E-state index in [-0.39, 0.29) is 40.9 Å². The molecule has 0 radical (unpaired) electrons. The fourth-order valence-corrected chi connectivity index (χ4v) is 4.26. The Morgan fingerprint density at radius 3 is 2.40 bits per heavy atom. The van der Waals surface area contributed by atoms with Crippen molar-refractivity contribution in [2.24, 2.45) is 5.92 Å². The smallest absolute Gasteiger partial charge is 0.328 e. The first-order valence-corrected chi connectivity index (χ1v) is 11.8. The molecule has 10 heteroatoms. The molecule has 5 N–H and O–H groups in total. The minimum Gasteiger partial charge on any atom is -0.508 e. The maximum Gasteiger partial charge on any atom is 0.328 e. The summed E-state index contributed by atoms with van der Waals surface area (Å²) in [6.07, 6.45) is 4.54. The van der Waals surface area contributed by atoms with Gasteiger partial charge in [0.2, 0.25) is 5.91 Å². The lowest BCUT2D eigenvalue weighted by atomic mass is 10.0. The summed E-state index contributed by atoms with van der Waals surface area (Å²) >= 11 is 6.20. The molecule has 0 spiro atoms. The van der Waals surface area contributed by atoms with Gasteiger partial charge in [0.25, 0.3) is 11.8 Å². The molecule has 3 rings (SSSR count). The Kier molecular flexibility index (Phi) is 9.08. The number of amides is 3. The number of carbonyl (C=O) groups excluding carboxylic acids is 3. The van der Waals surface area contributed by atoms with Gasteiger partial charge in [0.1, 0.15) is 11.8 Å². The van der Waals surface area contributed by atoms with E-state index in [0.717, 1.165) is 25.7 Å². The van der Waals surface area contributed by atoms with Crippen LogP contribution in [-0.4, -0.2) is 46.5 Å². The Bertz CT molecular complexity index is 1100. The maximum atomic E-state index is 12.6. The monoisotopic (exact) mass is 501 g/mol. The van der Waals surface area contributed by atoms with Gasteiger partial charge >= 0.3 is 5.97 Å². The van der Waals surface area contributed by atoms with Gasteiger partial charge in [-0.1, -0.05) is 36.6 Å². The number of hydrogen-bond acceptors (Lipinski definition) is 5. The first kappa shape index (κ1) is 26.0. The molecule has 9 nitrogen and oxygen atoms in total. The molecule has 1 atom stereocenters. The number of carboxylic acids is 1. The van der Waals surface area contributed by atoms with Crippen LogP contribution in [0.25, 0.3) is 0 Å². The van der Waals surface area contributed by atoms with Gasteiger partial charge in [-0.2, -0.15) is 0 Å². The molecule has 0 aromatic heterocycles. The summed E-state index contributed by atoms with van der Waals surface area (Å²) in [6.45, 7) is -0.0698. The Morgan fingerprint density at radius 1 is 1.00 bits per heavy atom.